The van der Waals surface area contributed by atoms with Gasteiger partial charge in [-0.2, -0.15) is 0 Å². The quantitative estimate of drug-likeness (QED) is 0.652. The molecule has 11 heavy (non-hydrogen) atoms. The van der Waals surface area contributed by atoms with Gasteiger partial charge in [0.15, 0.2) is 0 Å². The van der Waals surface area contributed by atoms with E-state index in [9.17, 15) is 4.79 Å². The van der Waals surface area contributed by atoms with Gasteiger partial charge in [-0.3, -0.25) is 10.1 Å². The number of aliphatic hydroxyl groups is 1. The number of rotatable bonds is 2. The lowest BCUT2D eigenvalue weighted by molar-refractivity contribution is -0.123. The Morgan fingerprint density at radius 1 is 1.91 bits per heavy atom. The van der Waals surface area contributed by atoms with E-state index in [4.69, 9.17) is 5.11 Å². The predicted octanol–water partition coefficient (Wildman–Crippen LogP) is -0.143. The lowest BCUT2D eigenvalue weighted by Gasteiger charge is -2.01. The zero-order chi connectivity index (χ0) is 8.27. The van der Waals surface area contributed by atoms with E-state index in [0.29, 0.717) is 5.13 Å². The largest absolute Gasteiger partial charge is 0.384 e. The van der Waals surface area contributed by atoms with Crippen molar-refractivity contribution in [3.63, 3.8) is 0 Å². The first-order chi connectivity index (χ1) is 5.20. The molecular weight excluding hydrogens is 166 g/mol. The second-order valence-corrected chi connectivity index (χ2v) is 2.74. The third-order valence-corrected chi connectivity index (χ3v) is 1.58. The molecule has 1 amide bonds. The Bertz CT molecular complexity index is 234. The summed E-state index contributed by atoms with van der Waals surface area (Å²) in [5.41, 5.74) is 1.50. The summed E-state index contributed by atoms with van der Waals surface area (Å²) < 4.78 is 0. The van der Waals surface area contributed by atoms with E-state index in [1.165, 1.54) is 23.8 Å². The third-order valence-electron chi connectivity index (χ3n) is 0.970. The van der Waals surface area contributed by atoms with Crippen LogP contribution in [0.1, 0.15) is 6.92 Å². The summed E-state index contributed by atoms with van der Waals surface area (Å²) >= 11 is 1.20. The van der Waals surface area contributed by atoms with E-state index in [1.807, 2.05) is 0 Å². The number of carbonyl (C=O) groups excluding carboxylic acids is 1. The molecule has 0 fully saturated rings. The molecule has 0 saturated heterocycles. The number of anilines is 1. The maximum atomic E-state index is 10.8. The maximum absolute atomic E-state index is 10.8. The molecule has 0 spiro atoms. The topological polar surface area (TPSA) is 75.1 Å². The van der Waals surface area contributed by atoms with Crippen LogP contribution in [-0.2, 0) is 4.79 Å². The van der Waals surface area contributed by atoms with E-state index >= 15 is 0 Å². The van der Waals surface area contributed by atoms with E-state index < -0.39 is 12.0 Å². The minimum Gasteiger partial charge on any atom is -0.384 e. The molecule has 0 radical (unpaired) electrons. The first-order valence-corrected chi connectivity index (χ1v) is 3.83. The van der Waals surface area contributed by atoms with Crippen molar-refractivity contribution in [2.45, 2.75) is 13.0 Å². The summed E-state index contributed by atoms with van der Waals surface area (Å²) in [5, 5.41) is 18.6. The standard InChI is InChI=1S/C5H7N3O2S/c1-3(9)4(10)7-5-8-6-2-11-5/h2-3,9H,1H3,(H,7,8,10)/t3-/m1/s1. The van der Waals surface area contributed by atoms with E-state index in [2.05, 4.69) is 15.5 Å². The van der Waals surface area contributed by atoms with Crippen LogP contribution in [0.2, 0.25) is 0 Å². The Labute approximate surface area is 67.1 Å². The van der Waals surface area contributed by atoms with Crippen LogP contribution in [0, 0.1) is 0 Å². The highest BCUT2D eigenvalue weighted by Crippen LogP contribution is 2.07. The van der Waals surface area contributed by atoms with Crippen LogP contribution >= 0.6 is 11.3 Å². The van der Waals surface area contributed by atoms with Gasteiger partial charge in [0.25, 0.3) is 5.91 Å². The SMILES string of the molecule is C[C@@H](O)C(=O)Nc1nncs1. The molecule has 0 aliphatic carbocycles. The summed E-state index contributed by atoms with van der Waals surface area (Å²) in [5.74, 6) is -0.471. The zero-order valence-electron chi connectivity index (χ0n) is 5.81. The Morgan fingerprint density at radius 3 is 3.09 bits per heavy atom. The molecule has 1 atom stereocenters. The smallest absolute Gasteiger partial charge is 0.254 e. The molecule has 1 heterocycles. The monoisotopic (exact) mass is 173 g/mol. The molecule has 0 aromatic carbocycles. The molecule has 1 aromatic heterocycles. The minimum absolute atomic E-state index is 0.399. The van der Waals surface area contributed by atoms with Crippen molar-refractivity contribution in [2.24, 2.45) is 0 Å². The van der Waals surface area contributed by atoms with Crippen LogP contribution < -0.4 is 5.32 Å². The Balaban J connectivity index is 2.50. The lowest BCUT2D eigenvalue weighted by atomic mass is 10.4. The lowest BCUT2D eigenvalue weighted by Crippen LogP contribution is -2.24. The fourth-order valence-corrected chi connectivity index (χ4v) is 0.885. The van der Waals surface area contributed by atoms with Gasteiger partial charge in [0, 0.05) is 0 Å². The van der Waals surface area contributed by atoms with E-state index in [-0.39, 0.29) is 0 Å². The number of aromatic nitrogens is 2. The van der Waals surface area contributed by atoms with Gasteiger partial charge >= 0.3 is 0 Å². The number of carbonyl (C=O) groups is 1. The highest BCUT2D eigenvalue weighted by Gasteiger charge is 2.09. The van der Waals surface area contributed by atoms with Gasteiger partial charge < -0.3 is 5.11 Å². The van der Waals surface area contributed by atoms with Crippen LogP contribution in [-0.4, -0.2) is 27.3 Å². The predicted molar refractivity (Wildman–Crippen MR) is 40.2 cm³/mol. The van der Waals surface area contributed by atoms with Gasteiger partial charge in [0.05, 0.1) is 0 Å². The number of aliphatic hydroxyl groups excluding tert-OH is 1. The van der Waals surface area contributed by atoms with Gasteiger partial charge in [0.2, 0.25) is 5.13 Å². The number of nitrogens with one attached hydrogen (secondary N) is 1. The van der Waals surface area contributed by atoms with Crippen LogP contribution in [0.4, 0.5) is 5.13 Å². The van der Waals surface area contributed by atoms with Crippen molar-refractivity contribution >= 4 is 22.4 Å². The van der Waals surface area contributed by atoms with Crippen molar-refractivity contribution < 1.29 is 9.90 Å². The fraction of sp³-hybridized carbons (Fsp3) is 0.400. The molecule has 0 bridgehead atoms. The number of nitrogens with zero attached hydrogens (tertiary/aromatic N) is 2. The molecule has 60 valence electrons. The summed E-state index contributed by atoms with van der Waals surface area (Å²) in [4.78, 5) is 10.8. The van der Waals surface area contributed by atoms with Crippen molar-refractivity contribution in [3.8, 4) is 0 Å². The first-order valence-electron chi connectivity index (χ1n) is 2.95. The third kappa shape index (κ3) is 2.24. The summed E-state index contributed by atoms with van der Waals surface area (Å²) in [6, 6.07) is 0. The van der Waals surface area contributed by atoms with Gasteiger partial charge in [-0.25, -0.2) is 0 Å². The Morgan fingerprint density at radius 2 is 2.64 bits per heavy atom. The molecule has 5 nitrogen and oxygen atoms in total. The molecule has 0 aliphatic heterocycles. The molecule has 6 heteroatoms. The molecule has 2 N–H and O–H groups in total. The average molecular weight is 173 g/mol. The van der Waals surface area contributed by atoms with Crippen LogP contribution in [0.15, 0.2) is 5.51 Å². The Hall–Kier alpha value is -1.01. The van der Waals surface area contributed by atoms with Crippen molar-refractivity contribution in [3.05, 3.63) is 5.51 Å². The molecular formula is C5H7N3O2S. The second kappa shape index (κ2) is 3.40. The fourth-order valence-electron chi connectivity index (χ4n) is 0.437. The van der Waals surface area contributed by atoms with Crippen molar-refractivity contribution in [1.82, 2.24) is 10.2 Å². The Kier molecular flexibility index (Phi) is 2.50. The number of amides is 1. The van der Waals surface area contributed by atoms with Crippen LogP contribution in [0.3, 0.4) is 0 Å². The van der Waals surface area contributed by atoms with Gasteiger partial charge in [0.1, 0.15) is 11.6 Å². The minimum atomic E-state index is -1.01. The molecule has 0 aliphatic rings. The van der Waals surface area contributed by atoms with Crippen LogP contribution in [0.25, 0.3) is 0 Å². The highest BCUT2D eigenvalue weighted by molar-refractivity contribution is 7.13. The number of hydrogen-bond donors (Lipinski definition) is 2. The van der Waals surface area contributed by atoms with Gasteiger partial charge in [-0.1, -0.05) is 11.3 Å². The summed E-state index contributed by atoms with van der Waals surface area (Å²) in [6.45, 7) is 1.39. The zero-order valence-corrected chi connectivity index (χ0v) is 6.63. The van der Waals surface area contributed by atoms with Gasteiger partial charge in [-0.05, 0) is 6.92 Å². The molecule has 0 saturated carbocycles. The number of hydrogen-bond acceptors (Lipinski definition) is 5. The van der Waals surface area contributed by atoms with Crippen molar-refractivity contribution in [1.29, 1.82) is 0 Å². The summed E-state index contributed by atoms with van der Waals surface area (Å²) in [6.07, 6.45) is -1.01. The molecule has 1 rings (SSSR count). The summed E-state index contributed by atoms with van der Waals surface area (Å²) in [7, 11) is 0. The normalized spacial score (nSPS) is 12.5. The molecule has 0 unspecified atom stereocenters. The maximum Gasteiger partial charge on any atom is 0.254 e. The highest BCUT2D eigenvalue weighted by atomic mass is 32.1. The van der Waals surface area contributed by atoms with Gasteiger partial charge in [-0.15, -0.1) is 10.2 Å². The van der Waals surface area contributed by atoms with Crippen LogP contribution in [0.5, 0.6) is 0 Å². The first kappa shape index (κ1) is 8.09. The van der Waals surface area contributed by atoms with Crippen molar-refractivity contribution in [2.75, 3.05) is 5.32 Å². The average Bonchev–Trinajstić information content (AvgIpc) is 2.39. The second-order valence-electron chi connectivity index (χ2n) is 1.91. The van der Waals surface area contributed by atoms with E-state index in [1.54, 1.807) is 0 Å². The van der Waals surface area contributed by atoms with E-state index in [0.717, 1.165) is 0 Å². The molecule has 1 aromatic rings.